The summed E-state index contributed by atoms with van der Waals surface area (Å²) < 4.78 is 0. The van der Waals surface area contributed by atoms with Crippen molar-refractivity contribution < 1.29 is 0 Å². The van der Waals surface area contributed by atoms with Gasteiger partial charge in [-0.1, -0.05) is 33.6 Å². The highest BCUT2D eigenvalue weighted by Gasteiger charge is 2.36. The van der Waals surface area contributed by atoms with E-state index < -0.39 is 0 Å². The van der Waals surface area contributed by atoms with E-state index in [1.54, 1.807) is 0 Å². The average molecular weight is 266 g/mol. The Hall–Kier alpha value is -0.0800. The lowest BCUT2D eigenvalue weighted by Gasteiger charge is -2.45. The van der Waals surface area contributed by atoms with E-state index in [4.69, 9.17) is 0 Å². The second-order valence-electron chi connectivity index (χ2n) is 7.44. The van der Waals surface area contributed by atoms with Gasteiger partial charge in [0.25, 0.3) is 0 Å². The third-order valence-corrected chi connectivity index (χ3v) is 5.37. The fourth-order valence-electron chi connectivity index (χ4n) is 4.21. The molecular formula is C17H34N2. The Morgan fingerprint density at radius 2 is 1.84 bits per heavy atom. The largest absolute Gasteiger partial charge is 0.316 e. The molecule has 1 saturated carbocycles. The molecule has 0 bridgehead atoms. The van der Waals surface area contributed by atoms with E-state index in [1.165, 1.54) is 64.7 Å². The van der Waals surface area contributed by atoms with Gasteiger partial charge in [-0.25, -0.2) is 0 Å². The van der Waals surface area contributed by atoms with Crippen molar-refractivity contribution in [1.82, 2.24) is 10.2 Å². The van der Waals surface area contributed by atoms with Crippen LogP contribution in [0.15, 0.2) is 0 Å². The van der Waals surface area contributed by atoms with E-state index in [9.17, 15) is 0 Å². The van der Waals surface area contributed by atoms with Crippen LogP contribution in [0.4, 0.5) is 0 Å². The topological polar surface area (TPSA) is 15.3 Å². The summed E-state index contributed by atoms with van der Waals surface area (Å²) in [5, 5.41) is 3.65. The predicted molar refractivity (Wildman–Crippen MR) is 83.4 cm³/mol. The number of hydrogen-bond donors (Lipinski definition) is 1. The molecule has 0 radical (unpaired) electrons. The van der Waals surface area contributed by atoms with E-state index in [2.05, 4.69) is 31.0 Å². The van der Waals surface area contributed by atoms with Crippen molar-refractivity contribution in [3.05, 3.63) is 0 Å². The summed E-state index contributed by atoms with van der Waals surface area (Å²) in [7, 11) is 0. The van der Waals surface area contributed by atoms with Crippen molar-refractivity contribution in [2.24, 2.45) is 17.3 Å². The van der Waals surface area contributed by atoms with Crippen LogP contribution in [0.2, 0.25) is 0 Å². The van der Waals surface area contributed by atoms with Crippen molar-refractivity contribution in [1.29, 1.82) is 0 Å². The highest BCUT2D eigenvalue weighted by Crippen LogP contribution is 2.40. The van der Waals surface area contributed by atoms with E-state index in [0.717, 1.165) is 18.4 Å². The molecule has 1 aliphatic heterocycles. The molecule has 0 amide bonds. The van der Waals surface area contributed by atoms with Crippen LogP contribution in [0, 0.1) is 17.3 Å². The Labute approximate surface area is 120 Å². The molecule has 2 nitrogen and oxygen atoms in total. The van der Waals surface area contributed by atoms with Gasteiger partial charge in [0.1, 0.15) is 0 Å². The molecule has 1 saturated heterocycles. The summed E-state index contributed by atoms with van der Waals surface area (Å²) in [6.45, 7) is 13.5. The summed E-state index contributed by atoms with van der Waals surface area (Å²) in [5.74, 6) is 1.88. The lowest BCUT2D eigenvalue weighted by atomic mass is 9.69. The van der Waals surface area contributed by atoms with Crippen molar-refractivity contribution in [3.8, 4) is 0 Å². The zero-order valence-corrected chi connectivity index (χ0v) is 13.4. The van der Waals surface area contributed by atoms with Gasteiger partial charge in [-0.05, 0) is 62.6 Å². The van der Waals surface area contributed by atoms with Crippen LogP contribution in [-0.4, -0.2) is 37.6 Å². The predicted octanol–water partition coefficient (Wildman–Crippen LogP) is 3.52. The van der Waals surface area contributed by atoms with Gasteiger partial charge in [0.05, 0.1) is 0 Å². The molecule has 0 aromatic carbocycles. The molecule has 0 aromatic heterocycles. The second-order valence-corrected chi connectivity index (χ2v) is 7.44. The maximum absolute atomic E-state index is 3.65. The van der Waals surface area contributed by atoms with E-state index in [1.807, 2.05) is 0 Å². The van der Waals surface area contributed by atoms with E-state index in [-0.39, 0.29) is 0 Å². The molecule has 1 heterocycles. The Kier molecular flexibility index (Phi) is 5.70. The van der Waals surface area contributed by atoms with Crippen LogP contribution in [0.25, 0.3) is 0 Å². The van der Waals surface area contributed by atoms with Gasteiger partial charge in [-0.15, -0.1) is 0 Å². The first-order valence-electron chi connectivity index (χ1n) is 8.56. The molecule has 2 atom stereocenters. The summed E-state index contributed by atoms with van der Waals surface area (Å²) in [4.78, 5) is 2.76. The van der Waals surface area contributed by atoms with Gasteiger partial charge in [0, 0.05) is 13.1 Å². The van der Waals surface area contributed by atoms with Gasteiger partial charge < -0.3 is 10.2 Å². The molecule has 112 valence electrons. The first kappa shape index (κ1) is 15.3. The molecule has 2 heteroatoms. The van der Waals surface area contributed by atoms with Crippen molar-refractivity contribution in [2.45, 2.75) is 59.3 Å². The van der Waals surface area contributed by atoms with Crippen LogP contribution in [0.3, 0.4) is 0 Å². The highest BCUT2D eigenvalue weighted by molar-refractivity contribution is 4.90. The van der Waals surface area contributed by atoms with Gasteiger partial charge in [-0.3, -0.25) is 0 Å². The van der Waals surface area contributed by atoms with E-state index in [0.29, 0.717) is 5.41 Å². The Morgan fingerprint density at radius 1 is 1.11 bits per heavy atom. The molecule has 2 rings (SSSR count). The zero-order valence-electron chi connectivity index (χ0n) is 13.4. The van der Waals surface area contributed by atoms with Gasteiger partial charge in [0.15, 0.2) is 0 Å². The first-order chi connectivity index (χ1) is 9.13. The van der Waals surface area contributed by atoms with Gasteiger partial charge >= 0.3 is 0 Å². The summed E-state index contributed by atoms with van der Waals surface area (Å²) in [6, 6.07) is 0. The molecule has 0 aromatic rings. The number of rotatable bonds is 5. The SMILES string of the molecule is CCNCC1(CN2CCC(C)CC2)CCCC(C)C1. The first-order valence-corrected chi connectivity index (χ1v) is 8.56. The Bertz CT molecular complexity index is 258. The minimum absolute atomic E-state index is 0.564. The summed E-state index contributed by atoms with van der Waals surface area (Å²) in [5.41, 5.74) is 0.564. The molecular weight excluding hydrogens is 232 g/mol. The van der Waals surface area contributed by atoms with E-state index >= 15 is 0 Å². The standard InChI is InChI=1S/C17H34N2/c1-4-18-13-17(9-5-6-16(3)12-17)14-19-10-7-15(2)8-11-19/h15-16,18H,4-14H2,1-3H3. The number of hydrogen-bond acceptors (Lipinski definition) is 2. The number of nitrogens with zero attached hydrogens (tertiary/aromatic N) is 1. The lowest BCUT2D eigenvalue weighted by molar-refractivity contribution is 0.0632. The number of likely N-dealkylation sites (tertiary alicyclic amines) is 1. The fraction of sp³-hybridized carbons (Fsp3) is 1.00. The number of nitrogens with one attached hydrogen (secondary N) is 1. The normalized spacial score (nSPS) is 34.6. The smallest absolute Gasteiger partial charge is 0.00502 e. The average Bonchev–Trinajstić information content (AvgIpc) is 2.39. The molecule has 2 aliphatic rings. The van der Waals surface area contributed by atoms with Crippen LogP contribution < -0.4 is 5.32 Å². The minimum Gasteiger partial charge on any atom is -0.316 e. The molecule has 1 N–H and O–H groups in total. The Morgan fingerprint density at radius 3 is 2.47 bits per heavy atom. The fourth-order valence-corrected chi connectivity index (χ4v) is 4.21. The minimum atomic E-state index is 0.564. The molecule has 2 fully saturated rings. The zero-order chi connectivity index (χ0) is 13.7. The molecule has 1 aliphatic carbocycles. The van der Waals surface area contributed by atoms with Crippen LogP contribution in [0.1, 0.15) is 59.3 Å². The van der Waals surface area contributed by atoms with Gasteiger partial charge in [0.2, 0.25) is 0 Å². The third-order valence-electron chi connectivity index (χ3n) is 5.37. The third kappa shape index (κ3) is 4.46. The number of piperidine rings is 1. The van der Waals surface area contributed by atoms with Crippen LogP contribution in [-0.2, 0) is 0 Å². The summed E-state index contributed by atoms with van der Waals surface area (Å²) >= 11 is 0. The maximum Gasteiger partial charge on any atom is 0.00502 e. The van der Waals surface area contributed by atoms with Crippen LogP contribution >= 0.6 is 0 Å². The van der Waals surface area contributed by atoms with Crippen LogP contribution in [0.5, 0.6) is 0 Å². The molecule has 19 heavy (non-hydrogen) atoms. The van der Waals surface area contributed by atoms with Crippen molar-refractivity contribution >= 4 is 0 Å². The Balaban J connectivity index is 1.92. The molecule has 0 spiro atoms. The van der Waals surface area contributed by atoms with Crippen molar-refractivity contribution in [2.75, 3.05) is 32.7 Å². The maximum atomic E-state index is 3.65. The quantitative estimate of drug-likeness (QED) is 0.819. The molecule has 2 unspecified atom stereocenters. The lowest BCUT2D eigenvalue weighted by Crippen LogP contribution is -2.48. The van der Waals surface area contributed by atoms with Gasteiger partial charge in [-0.2, -0.15) is 0 Å². The highest BCUT2D eigenvalue weighted by atomic mass is 15.1. The summed E-state index contributed by atoms with van der Waals surface area (Å²) in [6.07, 6.45) is 8.59. The van der Waals surface area contributed by atoms with Crippen molar-refractivity contribution in [3.63, 3.8) is 0 Å². The second kappa shape index (κ2) is 7.08. The monoisotopic (exact) mass is 266 g/mol.